The topological polar surface area (TPSA) is 232 Å². The van der Waals surface area contributed by atoms with E-state index in [1.165, 1.54) is 34.3 Å². The Morgan fingerprint density at radius 1 is 0.714 bits per heavy atom. The Labute approximate surface area is 400 Å². The second kappa shape index (κ2) is 23.5. The molecule has 2 fully saturated rings. The number of carbonyl (C=O) groups excluding carboxylic acids is 4. The molecule has 8 rings (SSSR count). The van der Waals surface area contributed by atoms with Crippen LogP contribution in [0.4, 0.5) is 43.7 Å². The average molecular weight is 1000 g/mol. The van der Waals surface area contributed by atoms with E-state index in [1.807, 2.05) is 36.4 Å². The highest BCUT2D eigenvalue weighted by Crippen LogP contribution is 2.27. The standard InChI is InChI=1S/C28H25F3N6O5S.C18H20N4O4S/c29-23-15-20(25-33-34-26(42-25)24(30)31)8-9-21(23)17-37(22-7-4-10-32-16-22)28(39)36-11-13-43(40,14-12-36)35-27(38)41-18-19-5-2-1-3-6-19;23-17(20-16-7-4-8-19-13-16)22-9-11-27(25,12-10-22)21-18(24)26-14-15-5-2-1-3-6-15/h1-10,15-16,24H,11-14,17-18H2;1-8,13H,9-12,14H2,(H,20,23). The number of carbonyl (C=O) groups is 4. The number of ether oxygens (including phenoxy) is 2. The number of urea groups is 2. The summed E-state index contributed by atoms with van der Waals surface area (Å²) in [7, 11) is -5.67. The van der Waals surface area contributed by atoms with E-state index in [0.29, 0.717) is 11.4 Å². The molecule has 0 saturated carbocycles. The number of hydrogen-bond donors (Lipinski definition) is 1. The second-order valence-corrected chi connectivity index (χ2v) is 20.5. The van der Waals surface area contributed by atoms with E-state index in [1.54, 1.807) is 65.8 Å². The number of alkyl halides is 2. The molecule has 0 unspecified atom stereocenters. The van der Waals surface area contributed by atoms with Crippen LogP contribution in [0.15, 0.2) is 141 Å². The number of amides is 6. The first kappa shape index (κ1) is 50.2. The number of nitrogens with one attached hydrogen (secondary N) is 1. The largest absolute Gasteiger partial charge is 0.443 e. The maximum Gasteiger partial charge on any atom is 0.442 e. The summed E-state index contributed by atoms with van der Waals surface area (Å²) in [5.74, 6) is -1.71. The monoisotopic (exact) mass is 1000 g/mol. The molecule has 1 N–H and O–H groups in total. The molecular weight excluding hydrogens is 958 g/mol. The summed E-state index contributed by atoms with van der Waals surface area (Å²) >= 11 is 0. The quantitative estimate of drug-likeness (QED) is 0.137. The zero-order valence-corrected chi connectivity index (χ0v) is 38.8. The van der Waals surface area contributed by atoms with Crippen LogP contribution in [0.3, 0.4) is 0 Å². The predicted octanol–water partition coefficient (Wildman–Crippen LogP) is 8.19. The van der Waals surface area contributed by atoms with Crippen LogP contribution in [-0.2, 0) is 48.7 Å². The fourth-order valence-corrected chi connectivity index (χ4v) is 10.2. The zero-order valence-electron chi connectivity index (χ0n) is 37.1. The first-order valence-corrected chi connectivity index (χ1v) is 25.1. The van der Waals surface area contributed by atoms with Gasteiger partial charge in [0, 0.05) is 49.7 Å². The fourth-order valence-electron chi connectivity index (χ4n) is 6.79. The van der Waals surface area contributed by atoms with Crippen molar-refractivity contribution in [2.75, 3.05) is 59.4 Å². The molecular formula is C46H45F3N10O9S2. The second-order valence-electron chi connectivity index (χ2n) is 15.4. The molecule has 3 aromatic heterocycles. The van der Waals surface area contributed by atoms with E-state index in [2.05, 4.69) is 34.2 Å². The van der Waals surface area contributed by atoms with Crippen molar-refractivity contribution in [3.8, 4) is 11.5 Å². The van der Waals surface area contributed by atoms with Gasteiger partial charge in [-0.1, -0.05) is 66.7 Å². The van der Waals surface area contributed by atoms with Gasteiger partial charge in [-0.05, 0) is 47.5 Å². The maximum absolute atomic E-state index is 15.2. The molecule has 0 radical (unpaired) electrons. The van der Waals surface area contributed by atoms with Gasteiger partial charge in [0.25, 0.3) is 5.89 Å². The van der Waals surface area contributed by atoms with E-state index in [0.717, 1.165) is 17.2 Å². The zero-order chi connectivity index (χ0) is 49.5. The summed E-state index contributed by atoms with van der Waals surface area (Å²) in [5.41, 5.74) is 2.78. The van der Waals surface area contributed by atoms with Crippen molar-refractivity contribution >= 4 is 55.1 Å². The van der Waals surface area contributed by atoms with Crippen LogP contribution >= 0.6 is 0 Å². The minimum Gasteiger partial charge on any atom is -0.443 e. The SMILES string of the molecule is O=C(N=S1(=O)CCN(C(=O)N(Cc2ccc(-c3nnc(C(F)F)o3)cc2F)c2cccnc2)CC1)OCc1ccccc1.O=C(N=S1(=O)CCN(C(=O)Nc2cccnc2)CC1)OCc1ccccc1. The van der Waals surface area contributed by atoms with Crippen LogP contribution in [0, 0.1) is 5.82 Å². The van der Waals surface area contributed by atoms with Crippen molar-refractivity contribution in [1.29, 1.82) is 0 Å². The molecule has 2 aliphatic rings. The van der Waals surface area contributed by atoms with Gasteiger partial charge in [0.2, 0.25) is 5.89 Å². The Bertz CT molecular complexity index is 2990. The van der Waals surface area contributed by atoms with E-state index >= 15 is 4.39 Å². The van der Waals surface area contributed by atoms with Crippen LogP contribution < -0.4 is 10.2 Å². The molecule has 366 valence electrons. The average Bonchev–Trinajstić information content (AvgIpc) is 3.88. The molecule has 0 spiro atoms. The van der Waals surface area contributed by atoms with E-state index in [-0.39, 0.29) is 92.0 Å². The number of anilines is 2. The van der Waals surface area contributed by atoms with Crippen LogP contribution in [0.1, 0.15) is 29.0 Å². The molecule has 3 aromatic carbocycles. The van der Waals surface area contributed by atoms with Crippen molar-refractivity contribution in [1.82, 2.24) is 30.0 Å². The van der Waals surface area contributed by atoms with Crippen LogP contribution in [0.5, 0.6) is 0 Å². The van der Waals surface area contributed by atoms with Gasteiger partial charge in [0.05, 0.1) is 72.8 Å². The van der Waals surface area contributed by atoms with E-state index in [9.17, 15) is 36.4 Å². The summed E-state index contributed by atoms with van der Waals surface area (Å²) in [6.07, 6.45) is 1.39. The smallest absolute Gasteiger partial charge is 0.442 e. The van der Waals surface area contributed by atoms with Crippen LogP contribution in [-0.4, -0.2) is 112 Å². The van der Waals surface area contributed by atoms with Gasteiger partial charge >= 0.3 is 30.7 Å². The lowest BCUT2D eigenvalue weighted by Crippen LogP contribution is -2.50. The van der Waals surface area contributed by atoms with Gasteiger partial charge in [0.15, 0.2) is 0 Å². The Morgan fingerprint density at radius 3 is 1.77 bits per heavy atom. The summed E-state index contributed by atoms with van der Waals surface area (Å²) in [5, 5.41) is 9.50. The Hall–Kier alpha value is -7.73. The van der Waals surface area contributed by atoms with E-state index < -0.39 is 55.8 Å². The lowest BCUT2D eigenvalue weighted by Gasteiger charge is -2.33. The lowest BCUT2D eigenvalue weighted by molar-refractivity contribution is 0.116. The summed E-state index contributed by atoms with van der Waals surface area (Å²) in [6.45, 7) is 0.445. The van der Waals surface area contributed by atoms with Gasteiger partial charge in [0.1, 0.15) is 19.0 Å². The highest BCUT2D eigenvalue weighted by Gasteiger charge is 2.30. The third kappa shape index (κ3) is 14.2. The Kier molecular flexibility index (Phi) is 16.9. The van der Waals surface area contributed by atoms with E-state index in [4.69, 9.17) is 13.9 Å². The number of aromatic nitrogens is 4. The van der Waals surface area contributed by atoms with Crippen LogP contribution in [0.25, 0.3) is 11.5 Å². The number of rotatable bonds is 10. The first-order valence-electron chi connectivity index (χ1n) is 21.4. The minimum atomic E-state index is -2.96. The van der Waals surface area contributed by atoms with Gasteiger partial charge in [-0.15, -0.1) is 18.9 Å². The minimum absolute atomic E-state index is 0.00737. The molecule has 2 saturated heterocycles. The number of hydrogen-bond acceptors (Lipinski definition) is 13. The molecule has 0 bridgehead atoms. The number of nitrogens with zero attached hydrogens (tertiary/aromatic N) is 9. The third-order valence-corrected chi connectivity index (χ3v) is 14.8. The van der Waals surface area contributed by atoms with Crippen molar-refractivity contribution in [3.05, 3.63) is 156 Å². The molecule has 0 aliphatic carbocycles. The first-order chi connectivity index (χ1) is 33.7. The van der Waals surface area contributed by atoms with Crippen molar-refractivity contribution < 1.29 is 54.7 Å². The normalized spacial score (nSPS) is 14.9. The van der Waals surface area contributed by atoms with Gasteiger partial charge < -0.3 is 29.0 Å². The molecule has 6 amide bonds. The van der Waals surface area contributed by atoms with Gasteiger partial charge in [-0.3, -0.25) is 14.9 Å². The molecule has 5 heterocycles. The number of pyridine rings is 2. The Balaban J connectivity index is 0.000000229. The predicted molar refractivity (Wildman–Crippen MR) is 251 cm³/mol. The van der Waals surface area contributed by atoms with Gasteiger partial charge in [-0.2, -0.15) is 8.78 Å². The molecule has 24 heteroatoms. The number of benzene rings is 3. The van der Waals surface area contributed by atoms with Gasteiger partial charge in [-0.25, -0.2) is 32.0 Å². The van der Waals surface area contributed by atoms with Crippen molar-refractivity contribution in [2.45, 2.75) is 26.2 Å². The van der Waals surface area contributed by atoms with Crippen molar-refractivity contribution in [2.24, 2.45) is 8.73 Å². The highest BCUT2D eigenvalue weighted by molar-refractivity contribution is 7.94. The Morgan fingerprint density at radius 2 is 1.27 bits per heavy atom. The summed E-state index contributed by atoms with van der Waals surface area (Å²) < 4.78 is 89.4. The fraction of sp³-hybridized carbons (Fsp3) is 0.261. The lowest BCUT2D eigenvalue weighted by atomic mass is 10.1. The molecule has 2 aliphatic heterocycles. The highest BCUT2D eigenvalue weighted by atomic mass is 32.2. The van der Waals surface area contributed by atoms with Crippen molar-refractivity contribution in [3.63, 3.8) is 0 Å². The summed E-state index contributed by atoms with van der Waals surface area (Å²) in [6, 6.07) is 28.0. The molecule has 19 nitrogen and oxygen atoms in total. The summed E-state index contributed by atoms with van der Waals surface area (Å²) in [4.78, 5) is 62.3. The maximum atomic E-state index is 15.2. The number of halogens is 3. The molecule has 6 aromatic rings. The third-order valence-electron chi connectivity index (χ3n) is 10.5. The van der Waals surface area contributed by atoms with Crippen LogP contribution in [0.2, 0.25) is 0 Å². The molecule has 0 atom stereocenters. The molecule has 70 heavy (non-hydrogen) atoms.